The van der Waals surface area contributed by atoms with Gasteiger partial charge in [-0.05, 0) is 59.6 Å². The second kappa shape index (κ2) is 7.05. The number of rotatable bonds is 4. The first-order valence-corrected chi connectivity index (χ1v) is 7.81. The summed E-state index contributed by atoms with van der Waals surface area (Å²) in [6.45, 7) is 4.51. The summed E-state index contributed by atoms with van der Waals surface area (Å²) in [5.41, 5.74) is 1.59. The second-order valence-electron chi connectivity index (χ2n) is 5.03. The molecule has 1 aromatic heterocycles. The Kier molecular flexibility index (Phi) is 5.37. The van der Waals surface area contributed by atoms with Crippen molar-refractivity contribution in [3.05, 3.63) is 63.3 Å². The predicted molar refractivity (Wildman–Crippen MR) is 88.4 cm³/mol. The maximum absolute atomic E-state index is 12.6. The van der Waals surface area contributed by atoms with Crippen molar-refractivity contribution >= 4 is 33.4 Å². The molecule has 2 aromatic rings. The third-order valence-corrected chi connectivity index (χ3v) is 3.80. The first-order chi connectivity index (χ1) is 9.97. The maximum atomic E-state index is 12.6. The third-order valence-electron chi connectivity index (χ3n) is 3.10. The molecule has 0 unspecified atom stereocenters. The average Bonchev–Trinajstić information content (AvgIpc) is 2.44. The minimum Gasteiger partial charge on any atom is -0.332 e. The zero-order valence-electron chi connectivity index (χ0n) is 11.9. The van der Waals surface area contributed by atoms with Crippen LogP contribution in [0.1, 0.15) is 29.8 Å². The molecule has 0 fully saturated rings. The monoisotopic (exact) mass is 366 g/mol. The number of carbonyl (C=O) groups excluding carboxylic acids is 1. The van der Waals surface area contributed by atoms with E-state index in [0.29, 0.717) is 21.7 Å². The molecule has 0 atom stereocenters. The number of hydrogen-bond donors (Lipinski definition) is 0. The number of nitrogens with zero attached hydrogens (tertiary/aromatic N) is 2. The van der Waals surface area contributed by atoms with Gasteiger partial charge in [0.05, 0.1) is 5.56 Å². The Labute approximate surface area is 138 Å². The fourth-order valence-electron chi connectivity index (χ4n) is 1.99. The number of benzene rings is 1. The van der Waals surface area contributed by atoms with Crippen molar-refractivity contribution in [3.8, 4) is 0 Å². The molecular weight excluding hydrogens is 352 g/mol. The normalized spacial score (nSPS) is 10.7. The van der Waals surface area contributed by atoms with E-state index in [-0.39, 0.29) is 11.9 Å². The van der Waals surface area contributed by atoms with Gasteiger partial charge in [0.25, 0.3) is 5.91 Å². The zero-order chi connectivity index (χ0) is 15.4. The van der Waals surface area contributed by atoms with Crippen LogP contribution in [0.25, 0.3) is 0 Å². The van der Waals surface area contributed by atoms with E-state index >= 15 is 0 Å². The Balaban J connectivity index is 2.22. The summed E-state index contributed by atoms with van der Waals surface area (Å²) in [6, 6.07) is 11.2. The highest BCUT2D eigenvalue weighted by atomic mass is 79.9. The molecule has 0 saturated heterocycles. The molecule has 0 saturated carbocycles. The summed E-state index contributed by atoms with van der Waals surface area (Å²) < 4.78 is 0.713. The van der Waals surface area contributed by atoms with E-state index in [2.05, 4.69) is 20.9 Å². The van der Waals surface area contributed by atoms with Gasteiger partial charge in [0.1, 0.15) is 4.60 Å². The number of aromatic nitrogens is 1. The average molecular weight is 368 g/mol. The Morgan fingerprint density at radius 1 is 1.33 bits per heavy atom. The molecule has 0 aliphatic rings. The number of hydrogen-bond acceptors (Lipinski definition) is 2. The van der Waals surface area contributed by atoms with Gasteiger partial charge >= 0.3 is 0 Å². The number of pyridine rings is 1. The van der Waals surface area contributed by atoms with Crippen LogP contribution in [-0.2, 0) is 6.54 Å². The van der Waals surface area contributed by atoms with Crippen molar-refractivity contribution in [3.63, 3.8) is 0 Å². The van der Waals surface area contributed by atoms with E-state index in [1.54, 1.807) is 23.2 Å². The molecule has 110 valence electrons. The van der Waals surface area contributed by atoms with Gasteiger partial charge in [-0.2, -0.15) is 0 Å². The van der Waals surface area contributed by atoms with Crippen LogP contribution in [0.4, 0.5) is 0 Å². The van der Waals surface area contributed by atoms with Gasteiger partial charge in [-0.15, -0.1) is 0 Å². The van der Waals surface area contributed by atoms with E-state index in [9.17, 15) is 4.79 Å². The van der Waals surface area contributed by atoms with E-state index in [1.807, 2.05) is 38.1 Å². The van der Waals surface area contributed by atoms with Gasteiger partial charge in [0.15, 0.2) is 0 Å². The van der Waals surface area contributed by atoms with E-state index < -0.39 is 0 Å². The predicted octanol–water partition coefficient (Wildman–Crippen LogP) is 4.55. The summed E-state index contributed by atoms with van der Waals surface area (Å²) in [5.74, 6) is -0.0371. The zero-order valence-corrected chi connectivity index (χ0v) is 14.2. The van der Waals surface area contributed by atoms with E-state index in [0.717, 1.165) is 5.56 Å². The highest BCUT2D eigenvalue weighted by Gasteiger charge is 2.19. The fraction of sp³-hybridized carbons (Fsp3) is 0.250. The lowest BCUT2D eigenvalue weighted by Crippen LogP contribution is -2.36. The summed E-state index contributed by atoms with van der Waals surface area (Å²) in [5, 5.41) is 0.675. The van der Waals surface area contributed by atoms with Crippen LogP contribution in [-0.4, -0.2) is 21.8 Å². The first-order valence-electron chi connectivity index (χ1n) is 6.64. The Hall–Kier alpha value is -1.39. The highest BCUT2D eigenvalue weighted by molar-refractivity contribution is 9.10. The molecule has 0 spiro atoms. The number of amides is 1. The maximum Gasteiger partial charge on any atom is 0.255 e. The summed E-state index contributed by atoms with van der Waals surface area (Å²) in [7, 11) is 0. The van der Waals surface area contributed by atoms with Crippen molar-refractivity contribution in [2.45, 2.75) is 26.4 Å². The number of halogens is 2. The summed E-state index contributed by atoms with van der Waals surface area (Å²) in [4.78, 5) is 18.5. The molecule has 2 rings (SSSR count). The molecule has 1 heterocycles. The van der Waals surface area contributed by atoms with E-state index in [4.69, 9.17) is 11.6 Å². The van der Waals surface area contributed by atoms with Gasteiger partial charge in [-0.3, -0.25) is 4.79 Å². The van der Waals surface area contributed by atoms with Crippen LogP contribution in [0.15, 0.2) is 47.2 Å². The molecule has 1 aromatic carbocycles. The van der Waals surface area contributed by atoms with Crippen molar-refractivity contribution < 1.29 is 4.79 Å². The fourth-order valence-corrected chi connectivity index (χ4v) is 2.44. The van der Waals surface area contributed by atoms with Crippen molar-refractivity contribution in [2.75, 3.05) is 0 Å². The van der Waals surface area contributed by atoms with Crippen LogP contribution >= 0.6 is 27.5 Å². The van der Waals surface area contributed by atoms with Crippen LogP contribution < -0.4 is 0 Å². The Morgan fingerprint density at radius 2 is 2.10 bits per heavy atom. The van der Waals surface area contributed by atoms with Gasteiger partial charge in [0.2, 0.25) is 0 Å². The first kappa shape index (κ1) is 16.0. The highest BCUT2D eigenvalue weighted by Crippen LogP contribution is 2.17. The number of carbonyl (C=O) groups is 1. The quantitative estimate of drug-likeness (QED) is 0.743. The molecule has 0 N–H and O–H groups in total. The van der Waals surface area contributed by atoms with Crippen LogP contribution in [0, 0.1) is 0 Å². The minimum absolute atomic E-state index is 0.0371. The molecule has 0 aliphatic carbocycles. The molecule has 3 nitrogen and oxygen atoms in total. The second-order valence-corrected chi connectivity index (χ2v) is 6.28. The van der Waals surface area contributed by atoms with Gasteiger partial charge in [-0.1, -0.05) is 23.7 Å². The van der Waals surface area contributed by atoms with Crippen LogP contribution in [0.3, 0.4) is 0 Å². The van der Waals surface area contributed by atoms with Crippen LogP contribution in [0.5, 0.6) is 0 Å². The molecule has 1 amide bonds. The van der Waals surface area contributed by atoms with Crippen molar-refractivity contribution in [1.82, 2.24) is 9.88 Å². The van der Waals surface area contributed by atoms with Crippen molar-refractivity contribution in [2.24, 2.45) is 0 Å². The summed E-state index contributed by atoms with van der Waals surface area (Å²) >= 11 is 9.27. The smallest absolute Gasteiger partial charge is 0.255 e. The van der Waals surface area contributed by atoms with Gasteiger partial charge in [-0.25, -0.2) is 4.98 Å². The van der Waals surface area contributed by atoms with E-state index in [1.165, 1.54) is 0 Å². The standard InChI is InChI=1S/C16H16BrClN2O/c1-11(2)20(10-12-4-3-5-14(18)8-12)16(21)13-6-7-15(17)19-9-13/h3-9,11H,10H2,1-2H3. The lowest BCUT2D eigenvalue weighted by molar-refractivity contribution is 0.0690. The lowest BCUT2D eigenvalue weighted by Gasteiger charge is -2.27. The van der Waals surface area contributed by atoms with Gasteiger partial charge in [0, 0.05) is 23.8 Å². The lowest BCUT2D eigenvalue weighted by atomic mass is 10.1. The molecule has 5 heteroatoms. The van der Waals surface area contributed by atoms with Gasteiger partial charge < -0.3 is 4.90 Å². The topological polar surface area (TPSA) is 33.2 Å². The molecule has 0 radical (unpaired) electrons. The SMILES string of the molecule is CC(C)N(Cc1cccc(Cl)c1)C(=O)c1ccc(Br)nc1. The molecule has 0 bridgehead atoms. The molecular formula is C16H16BrClN2O. The van der Waals surface area contributed by atoms with Crippen LogP contribution in [0.2, 0.25) is 5.02 Å². The van der Waals surface area contributed by atoms with Crippen molar-refractivity contribution in [1.29, 1.82) is 0 Å². The Morgan fingerprint density at radius 3 is 2.67 bits per heavy atom. The molecule has 0 aliphatic heterocycles. The minimum atomic E-state index is -0.0371. The summed E-state index contributed by atoms with van der Waals surface area (Å²) in [6.07, 6.45) is 1.58. The Bertz CT molecular complexity index is 628. The molecule has 21 heavy (non-hydrogen) atoms. The third kappa shape index (κ3) is 4.29. The largest absolute Gasteiger partial charge is 0.332 e.